The predicted octanol–water partition coefficient (Wildman–Crippen LogP) is 5.52. The zero-order chi connectivity index (χ0) is 17.2. The summed E-state index contributed by atoms with van der Waals surface area (Å²) in [6.07, 6.45) is 0.512. The highest BCUT2D eigenvalue weighted by Gasteiger charge is 2.20. The van der Waals surface area contributed by atoms with Gasteiger partial charge in [0.15, 0.2) is 0 Å². The maximum Gasteiger partial charge on any atom is 0.144 e. The average Bonchev–Trinajstić information content (AvgIpc) is 2.49. The summed E-state index contributed by atoms with van der Waals surface area (Å²) in [6, 6.07) is 14.5. The van der Waals surface area contributed by atoms with Gasteiger partial charge in [-0.15, -0.1) is 0 Å². The molecular formula is C22H28O. The molecule has 0 saturated carbocycles. The lowest BCUT2D eigenvalue weighted by atomic mass is 9.82. The molecule has 0 spiro atoms. The maximum atomic E-state index is 12.7. The topological polar surface area (TPSA) is 17.1 Å². The van der Waals surface area contributed by atoms with E-state index in [9.17, 15) is 4.79 Å². The van der Waals surface area contributed by atoms with Crippen molar-refractivity contribution in [1.82, 2.24) is 0 Å². The highest BCUT2D eigenvalue weighted by atomic mass is 16.1. The highest BCUT2D eigenvalue weighted by molar-refractivity contribution is 5.87. The Kier molecular flexibility index (Phi) is 5.09. The van der Waals surface area contributed by atoms with Crippen LogP contribution in [0.1, 0.15) is 61.4 Å². The number of Topliss-reactive ketones (excluding diaryl/α,β-unsaturated/α-hetero) is 1. The number of hydrogen-bond donors (Lipinski definition) is 0. The van der Waals surface area contributed by atoms with Gasteiger partial charge in [0, 0.05) is 12.3 Å². The van der Waals surface area contributed by atoms with Crippen LogP contribution in [0.25, 0.3) is 0 Å². The number of benzene rings is 2. The van der Waals surface area contributed by atoms with Gasteiger partial charge < -0.3 is 0 Å². The van der Waals surface area contributed by atoms with Gasteiger partial charge in [-0.2, -0.15) is 0 Å². The molecule has 0 aliphatic rings. The molecule has 1 heteroatoms. The number of hydrogen-bond acceptors (Lipinski definition) is 1. The smallest absolute Gasteiger partial charge is 0.144 e. The normalized spacial score (nSPS) is 13.0. The van der Waals surface area contributed by atoms with Gasteiger partial charge in [0.05, 0.1) is 0 Å². The minimum atomic E-state index is -0.0581. The molecular weight excluding hydrogens is 280 g/mol. The van der Waals surface area contributed by atoms with E-state index in [-0.39, 0.29) is 17.1 Å². The summed E-state index contributed by atoms with van der Waals surface area (Å²) in [7, 11) is 0. The van der Waals surface area contributed by atoms with Crippen molar-refractivity contribution in [3.8, 4) is 0 Å². The molecule has 1 atom stereocenters. The molecule has 23 heavy (non-hydrogen) atoms. The summed E-state index contributed by atoms with van der Waals surface area (Å²) >= 11 is 0. The van der Waals surface area contributed by atoms with Crippen LogP contribution in [-0.4, -0.2) is 5.78 Å². The van der Waals surface area contributed by atoms with E-state index in [0.29, 0.717) is 6.42 Å². The third-order valence-corrected chi connectivity index (χ3v) is 4.70. The van der Waals surface area contributed by atoms with E-state index in [1.54, 1.807) is 0 Å². The average molecular weight is 308 g/mol. The zero-order valence-corrected chi connectivity index (χ0v) is 15.2. The van der Waals surface area contributed by atoms with Crippen LogP contribution < -0.4 is 0 Å². The van der Waals surface area contributed by atoms with E-state index in [1.807, 2.05) is 37.3 Å². The van der Waals surface area contributed by atoms with Crippen LogP contribution in [0.15, 0.2) is 42.5 Å². The van der Waals surface area contributed by atoms with E-state index in [4.69, 9.17) is 0 Å². The summed E-state index contributed by atoms with van der Waals surface area (Å²) in [5.74, 6) is 0.225. The molecule has 0 saturated heterocycles. The van der Waals surface area contributed by atoms with Crippen molar-refractivity contribution in [2.45, 2.75) is 59.3 Å². The molecule has 0 aliphatic carbocycles. The molecule has 122 valence electrons. The summed E-state index contributed by atoms with van der Waals surface area (Å²) < 4.78 is 0. The number of ketones is 1. The van der Waals surface area contributed by atoms with Gasteiger partial charge in [-0.3, -0.25) is 4.79 Å². The van der Waals surface area contributed by atoms with Crippen molar-refractivity contribution in [2.75, 3.05) is 0 Å². The summed E-state index contributed by atoms with van der Waals surface area (Å²) in [4.78, 5) is 12.7. The van der Waals surface area contributed by atoms with Gasteiger partial charge in [-0.05, 0) is 47.1 Å². The Labute approximate surface area is 140 Å². The van der Waals surface area contributed by atoms with E-state index in [1.165, 1.54) is 22.3 Å². The fourth-order valence-electron chi connectivity index (χ4n) is 2.96. The Balaban J connectivity index is 2.25. The fraction of sp³-hybridized carbons (Fsp3) is 0.409. The van der Waals surface area contributed by atoms with Gasteiger partial charge in [-0.25, -0.2) is 0 Å². The van der Waals surface area contributed by atoms with Gasteiger partial charge >= 0.3 is 0 Å². The fourth-order valence-corrected chi connectivity index (χ4v) is 2.96. The Morgan fingerprint density at radius 2 is 1.52 bits per heavy atom. The Morgan fingerprint density at radius 1 is 1.00 bits per heavy atom. The maximum absolute atomic E-state index is 12.7. The third-order valence-electron chi connectivity index (χ3n) is 4.70. The zero-order valence-electron chi connectivity index (χ0n) is 15.2. The standard InChI is InChI=1S/C22H28O/c1-15-12-19(22(4,5)6)13-16(2)20(15)14-21(23)17(3)18-10-8-7-9-11-18/h7-13,17H,14H2,1-6H3. The predicted molar refractivity (Wildman–Crippen MR) is 98.2 cm³/mol. The van der Waals surface area contributed by atoms with Crippen LogP contribution in [0, 0.1) is 13.8 Å². The molecule has 1 unspecified atom stereocenters. The second kappa shape index (κ2) is 6.70. The summed E-state index contributed by atoms with van der Waals surface area (Å²) in [5, 5.41) is 0. The van der Waals surface area contributed by atoms with Crippen molar-refractivity contribution < 1.29 is 4.79 Å². The molecule has 0 aliphatic heterocycles. The van der Waals surface area contributed by atoms with E-state index in [0.717, 1.165) is 5.56 Å². The Morgan fingerprint density at radius 3 is 2.00 bits per heavy atom. The number of carbonyl (C=O) groups excluding carboxylic acids is 1. The molecule has 0 N–H and O–H groups in total. The molecule has 1 nitrogen and oxygen atoms in total. The van der Waals surface area contributed by atoms with Crippen molar-refractivity contribution in [3.05, 3.63) is 70.3 Å². The van der Waals surface area contributed by atoms with Gasteiger partial charge in [-0.1, -0.05) is 70.2 Å². The molecule has 0 fully saturated rings. The molecule has 0 bridgehead atoms. The van der Waals surface area contributed by atoms with Crippen LogP contribution >= 0.6 is 0 Å². The minimum Gasteiger partial charge on any atom is -0.299 e. The van der Waals surface area contributed by atoms with Crippen molar-refractivity contribution >= 4 is 5.78 Å². The van der Waals surface area contributed by atoms with Crippen molar-refractivity contribution in [2.24, 2.45) is 0 Å². The van der Waals surface area contributed by atoms with E-state index >= 15 is 0 Å². The highest BCUT2D eigenvalue weighted by Crippen LogP contribution is 2.28. The Hall–Kier alpha value is -1.89. The summed E-state index contributed by atoms with van der Waals surface area (Å²) in [6.45, 7) is 12.9. The summed E-state index contributed by atoms with van der Waals surface area (Å²) in [5.41, 5.74) is 6.20. The van der Waals surface area contributed by atoms with Gasteiger partial charge in [0.2, 0.25) is 0 Å². The van der Waals surface area contributed by atoms with Crippen molar-refractivity contribution in [1.29, 1.82) is 0 Å². The molecule has 2 aromatic carbocycles. The molecule has 0 heterocycles. The molecule has 0 amide bonds. The number of rotatable bonds is 4. The van der Waals surface area contributed by atoms with E-state index in [2.05, 4.69) is 46.8 Å². The number of carbonyl (C=O) groups is 1. The third kappa shape index (κ3) is 4.10. The van der Waals surface area contributed by atoms with Crippen LogP contribution in [0.2, 0.25) is 0 Å². The lowest BCUT2D eigenvalue weighted by Gasteiger charge is -2.22. The van der Waals surface area contributed by atoms with Crippen LogP contribution in [0.5, 0.6) is 0 Å². The lowest BCUT2D eigenvalue weighted by Crippen LogP contribution is -2.16. The minimum absolute atomic E-state index is 0.0581. The monoisotopic (exact) mass is 308 g/mol. The van der Waals surface area contributed by atoms with Crippen LogP contribution in [-0.2, 0) is 16.6 Å². The van der Waals surface area contributed by atoms with Gasteiger partial charge in [0.25, 0.3) is 0 Å². The first-order valence-corrected chi connectivity index (χ1v) is 8.38. The van der Waals surface area contributed by atoms with Crippen LogP contribution in [0.3, 0.4) is 0 Å². The second-order valence-corrected chi connectivity index (χ2v) is 7.61. The first-order chi connectivity index (χ1) is 10.7. The SMILES string of the molecule is Cc1cc(C(C)(C)C)cc(C)c1CC(=O)C(C)c1ccccc1. The molecule has 2 rings (SSSR count). The molecule has 2 aromatic rings. The number of aryl methyl sites for hydroxylation is 2. The van der Waals surface area contributed by atoms with E-state index < -0.39 is 0 Å². The van der Waals surface area contributed by atoms with Crippen molar-refractivity contribution in [3.63, 3.8) is 0 Å². The van der Waals surface area contributed by atoms with Crippen LogP contribution in [0.4, 0.5) is 0 Å². The lowest BCUT2D eigenvalue weighted by molar-refractivity contribution is -0.119. The van der Waals surface area contributed by atoms with Gasteiger partial charge in [0.1, 0.15) is 5.78 Å². The molecule has 0 radical (unpaired) electrons. The Bertz CT molecular complexity index is 667. The first kappa shape index (κ1) is 17.5. The largest absolute Gasteiger partial charge is 0.299 e. The molecule has 0 aromatic heterocycles. The quantitative estimate of drug-likeness (QED) is 0.727. The second-order valence-electron chi connectivity index (χ2n) is 7.61. The first-order valence-electron chi connectivity index (χ1n) is 8.38.